The number of nitro benzene ring substituents is 1. The highest BCUT2D eigenvalue weighted by molar-refractivity contribution is 5.49. The number of nitro groups is 1. The molecule has 1 aromatic rings. The first kappa shape index (κ1) is 11.6. The Hall–Kier alpha value is -1.46. The number of rotatable bonds is 2. The molecular formula is C13H17N3O2. The molecule has 18 heavy (non-hydrogen) atoms. The summed E-state index contributed by atoms with van der Waals surface area (Å²) < 4.78 is 0. The standard InChI is InChI=1S/C13H17N3O2/c17-16(18)13-3-1-2-10-11(13)4-5-12(10)15-8-6-14-7-9-15/h1-3,12,14H,4-9H2. The van der Waals surface area contributed by atoms with Gasteiger partial charge in [-0.05, 0) is 18.4 Å². The Balaban J connectivity index is 1.91. The molecule has 3 rings (SSSR count). The van der Waals surface area contributed by atoms with Crippen molar-refractivity contribution in [2.45, 2.75) is 18.9 Å². The van der Waals surface area contributed by atoms with Gasteiger partial charge in [0, 0.05) is 43.9 Å². The van der Waals surface area contributed by atoms with E-state index in [-0.39, 0.29) is 4.92 Å². The van der Waals surface area contributed by atoms with Crippen LogP contribution in [-0.2, 0) is 6.42 Å². The number of nitrogens with one attached hydrogen (secondary N) is 1. The third kappa shape index (κ3) is 1.89. The Morgan fingerprint density at radius 2 is 2.11 bits per heavy atom. The maximum absolute atomic E-state index is 11.0. The summed E-state index contributed by atoms with van der Waals surface area (Å²) in [6, 6.07) is 5.88. The first-order valence-corrected chi connectivity index (χ1v) is 6.48. The molecule has 2 aliphatic rings. The molecule has 1 aromatic carbocycles. The molecule has 0 aromatic heterocycles. The molecule has 0 radical (unpaired) electrons. The second kappa shape index (κ2) is 4.66. The third-order valence-electron chi connectivity index (χ3n) is 4.00. The Kier molecular flexibility index (Phi) is 3.01. The van der Waals surface area contributed by atoms with Crippen LogP contribution in [0, 0.1) is 10.1 Å². The van der Waals surface area contributed by atoms with Crippen molar-refractivity contribution in [2.75, 3.05) is 26.2 Å². The van der Waals surface area contributed by atoms with Gasteiger partial charge in [-0.2, -0.15) is 0 Å². The number of nitrogens with zero attached hydrogens (tertiary/aromatic N) is 2. The van der Waals surface area contributed by atoms with Crippen molar-refractivity contribution < 1.29 is 4.92 Å². The molecule has 1 aliphatic carbocycles. The Morgan fingerprint density at radius 3 is 2.83 bits per heavy atom. The molecule has 1 saturated heterocycles. The normalized spacial score (nSPS) is 23.9. The number of fused-ring (bicyclic) bond motifs is 1. The van der Waals surface area contributed by atoms with E-state index < -0.39 is 0 Å². The van der Waals surface area contributed by atoms with Crippen molar-refractivity contribution in [3.8, 4) is 0 Å². The summed E-state index contributed by atoms with van der Waals surface area (Å²) in [5.41, 5.74) is 2.42. The number of piperazine rings is 1. The van der Waals surface area contributed by atoms with E-state index in [0.29, 0.717) is 11.7 Å². The summed E-state index contributed by atoms with van der Waals surface area (Å²) in [5, 5.41) is 14.4. The van der Waals surface area contributed by atoms with E-state index in [1.54, 1.807) is 6.07 Å². The van der Waals surface area contributed by atoms with Gasteiger partial charge in [0.05, 0.1) is 4.92 Å². The van der Waals surface area contributed by atoms with Gasteiger partial charge in [-0.15, -0.1) is 0 Å². The van der Waals surface area contributed by atoms with Crippen molar-refractivity contribution in [3.63, 3.8) is 0 Å². The fourth-order valence-corrected chi connectivity index (χ4v) is 3.16. The van der Waals surface area contributed by atoms with Crippen molar-refractivity contribution in [2.24, 2.45) is 0 Å². The van der Waals surface area contributed by atoms with Gasteiger partial charge in [-0.25, -0.2) is 0 Å². The predicted octanol–water partition coefficient (Wildman–Crippen LogP) is 1.49. The maximum atomic E-state index is 11.0. The van der Waals surface area contributed by atoms with Crippen LogP contribution in [0.1, 0.15) is 23.6 Å². The topological polar surface area (TPSA) is 58.4 Å². The lowest BCUT2D eigenvalue weighted by atomic mass is 10.0. The fraction of sp³-hybridized carbons (Fsp3) is 0.538. The van der Waals surface area contributed by atoms with Crippen molar-refractivity contribution in [1.29, 1.82) is 0 Å². The highest BCUT2D eigenvalue weighted by atomic mass is 16.6. The van der Waals surface area contributed by atoms with Crippen LogP contribution in [0.5, 0.6) is 0 Å². The van der Waals surface area contributed by atoms with Crippen molar-refractivity contribution in [1.82, 2.24) is 10.2 Å². The number of hydrogen-bond acceptors (Lipinski definition) is 4. The maximum Gasteiger partial charge on any atom is 0.272 e. The minimum atomic E-state index is -0.251. The van der Waals surface area contributed by atoms with E-state index in [4.69, 9.17) is 0 Å². The Labute approximate surface area is 106 Å². The lowest BCUT2D eigenvalue weighted by Crippen LogP contribution is -2.44. The van der Waals surface area contributed by atoms with Crippen LogP contribution >= 0.6 is 0 Å². The molecule has 0 bridgehead atoms. The lowest BCUT2D eigenvalue weighted by molar-refractivity contribution is -0.385. The van der Waals surface area contributed by atoms with Gasteiger partial charge in [-0.3, -0.25) is 15.0 Å². The van der Waals surface area contributed by atoms with E-state index in [2.05, 4.69) is 16.3 Å². The second-order valence-corrected chi connectivity index (χ2v) is 4.94. The molecule has 96 valence electrons. The smallest absolute Gasteiger partial charge is 0.272 e. The van der Waals surface area contributed by atoms with Crippen LogP contribution in [0.25, 0.3) is 0 Å². The van der Waals surface area contributed by atoms with Crippen molar-refractivity contribution >= 4 is 5.69 Å². The summed E-state index contributed by atoms with van der Waals surface area (Å²) in [5.74, 6) is 0. The van der Waals surface area contributed by atoms with Crippen LogP contribution in [-0.4, -0.2) is 36.0 Å². The number of hydrogen-bond donors (Lipinski definition) is 1. The molecule has 5 nitrogen and oxygen atoms in total. The van der Waals surface area contributed by atoms with Crippen LogP contribution < -0.4 is 5.32 Å². The first-order chi connectivity index (χ1) is 8.77. The minimum absolute atomic E-state index is 0.251. The van der Waals surface area contributed by atoms with Crippen LogP contribution in [0.2, 0.25) is 0 Å². The van der Waals surface area contributed by atoms with Gasteiger partial charge < -0.3 is 5.32 Å². The lowest BCUT2D eigenvalue weighted by Gasteiger charge is -2.33. The van der Waals surface area contributed by atoms with Crippen molar-refractivity contribution in [3.05, 3.63) is 39.4 Å². The summed E-state index contributed by atoms with van der Waals surface area (Å²) in [6.07, 6.45) is 1.85. The van der Waals surface area contributed by atoms with Crippen LogP contribution in [0.4, 0.5) is 5.69 Å². The van der Waals surface area contributed by atoms with E-state index in [0.717, 1.165) is 44.6 Å². The highest BCUT2D eigenvalue weighted by Crippen LogP contribution is 2.39. The molecule has 1 atom stereocenters. The largest absolute Gasteiger partial charge is 0.314 e. The average Bonchev–Trinajstić information content (AvgIpc) is 2.83. The van der Waals surface area contributed by atoms with Gasteiger partial charge in [0.25, 0.3) is 5.69 Å². The highest BCUT2D eigenvalue weighted by Gasteiger charge is 2.32. The molecular weight excluding hydrogens is 230 g/mol. The van der Waals surface area contributed by atoms with E-state index in [1.807, 2.05) is 6.07 Å². The summed E-state index contributed by atoms with van der Waals surface area (Å²) >= 11 is 0. The SMILES string of the molecule is O=[N+]([O-])c1cccc2c1CCC2N1CCNCC1. The van der Waals surface area contributed by atoms with Gasteiger partial charge >= 0.3 is 0 Å². The summed E-state index contributed by atoms with van der Waals surface area (Å²) in [7, 11) is 0. The van der Waals surface area contributed by atoms with E-state index in [9.17, 15) is 10.1 Å². The second-order valence-electron chi connectivity index (χ2n) is 4.94. The zero-order valence-corrected chi connectivity index (χ0v) is 10.3. The Bertz CT molecular complexity index is 469. The third-order valence-corrected chi connectivity index (χ3v) is 4.00. The minimum Gasteiger partial charge on any atom is -0.314 e. The average molecular weight is 247 g/mol. The van der Waals surface area contributed by atoms with Gasteiger partial charge in [0.15, 0.2) is 0 Å². The van der Waals surface area contributed by atoms with Gasteiger partial charge in [0.2, 0.25) is 0 Å². The molecule has 0 saturated carbocycles. The fourth-order valence-electron chi connectivity index (χ4n) is 3.16. The predicted molar refractivity (Wildman–Crippen MR) is 68.6 cm³/mol. The quantitative estimate of drug-likeness (QED) is 0.635. The monoisotopic (exact) mass is 247 g/mol. The molecule has 1 unspecified atom stereocenters. The molecule has 5 heteroatoms. The number of benzene rings is 1. The molecule has 1 N–H and O–H groups in total. The van der Waals surface area contributed by atoms with Gasteiger partial charge in [0.1, 0.15) is 0 Å². The molecule has 1 heterocycles. The zero-order chi connectivity index (χ0) is 12.5. The first-order valence-electron chi connectivity index (χ1n) is 6.48. The summed E-state index contributed by atoms with van der Waals surface area (Å²) in [6.45, 7) is 4.10. The van der Waals surface area contributed by atoms with E-state index >= 15 is 0 Å². The van der Waals surface area contributed by atoms with E-state index in [1.165, 1.54) is 5.56 Å². The zero-order valence-electron chi connectivity index (χ0n) is 10.3. The van der Waals surface area contributed by atoms with Crippen LogP contribution in [0.15, 0.2) is 18.2 Å². The van der Waals surface area contributed by atoms with Crippen LogP contribution in [0.3, 0.4) is 0 Å². The molecule has 0 spiro atoms. The molecule has 1 aliphatic heterocycles. The van der Waals surface area contributed by atoms with Gasteiger partial charge in [-0.1, -0.05) is 12.1 Å². The summed E-state index contributed by atoms with van der Waals surface area (Å²) in [4.78, 5) is 13.2. The molecule has 0 amide bonds. The Morgan fingerprint density at radius 1 is 1.33 bits per heavy atom. The molecule has 1 fully saturated rings.